The zero-order valence-corrected chi connectivity index (χ0v) is 13.8. The Morgan fingerprint density at radius 1 is 0.960 bits per heavy atom. The molecule has 0 bridgehead atoms. The molecule has 0 saturated carbocycles. The highest BCUT2D eigenvalue weighted by atomic mass is 16.2. The number of para-hydroxylation sites is 1. The first-order valence-corrected chi connectivity index (χ1v) is 8.44. The molecule has 1 aromatic heterocycles. The van der Waals surface area contributed by atoms with Gasteiger partial charge in [0.1, 0.15) is 0 Å². The smallest absolute Gasteiger partial charge is 0.274 e. The lowest BCUT2D eigenvalue weighted by Crippen LogP contribution is -2.48. The number of hydrogen-bond acceptors (Lipinski definition) is 5. The first-order valence-electron chi connectivity index (χ1n) is 8.44. The summed E-state index contributed by atoms with van der Waals surface area (Å²) in [5.41, 5.74) is 2.80. The Morgan fingerprint density at radius 2 is 1.76 bits per heavy atom. The van der Waals surface area contributed by atoms with Gasteiger partial charge in [0.2, 0.25) is 6.41 Å². The van der Waals surface area contributed by atoms with E-state index in [1.165, 1.54) is 5.56 Å². The Balaban J connectivity index is 1.48. The van der Waals surface area contributed by atoms with Crippen LogP contribution in [0.1, 0.15) is 16.1 Å². The molecule has 7 heteroatoms. The van der Waals surface area contributed by atoms with Crippen molar-refractivity contribution in [3.05, 3.63) is 47.7 Å². The van der Waals surface area contributed by atoms with Crippen molar-refractivity contribution >= 4 is 23.8 Å². The quantitative estimate of drug-likeness (QED) is 0.784. The van der Waals surface area contributed by atoms with Crippen LogP contribution in [0.3, 0.4) is 0 Å². The molecule has 0 unspecified atom stereocenters. The summed E-state index contributed by atoms with van der Waals surface area (Å²) in [5, 5.41) is 8.41. The summed E-state index contributed by atoms with van der Waals surface area (Å²) < 4.78 is 0. The highest BCUT2D eigenvalue weighted by Gasteiger charge is 2.24. The average Bonchev–Trinajstić information content (AvgIpc) is 3.12. The third-order valence-corrected chi connectivity index (χ3v) is 4.78. The molecule has 0 spiro atoms. The van der Waals surface area contributed by atoms with Crippen LogP contribution in [0.5, 0.6) is 0 Å². The molecule has 2 aliphatic rings. The van der Waals surface area contributed by atoms with Gasteiger partial charge in [-0.2, -0.15) is 0 Å². The summed E-state index contributed by atoms with van der Waals surface area (Å²) in [7, 11) is 0. The van der Waals surface area contributed by atoms with Gasteiger partial charge in [-0.25, -0.2) is 0 Å². The number of benzene rings is 1. The van der Waals surface area contributed by atoms with Crippen molar-refractivity contribution in [2.45, 2.75) is 6.42 Å². The second-order valence-electron chi connectivity index (χ2n) is 6.24. The second kappa shape index (κ2) is 6.51. The van der Waals surface area contributed by atoms with Crippen LogP contribution in [0.15, 0.2) is 36.4 Å². The van der Waals surface area contributed by atoms with Gasteiger partial charge in [0.15, 0.2) is 11.5 Å². The summed E-state index contributed by atoms with van der Waals surface area (Å²) in [6.45, 7) is 3.05. The lowest BCUT2D eigenvalue weighted by Gasteiger charge is -2.32. The van der Waals surface area contributed by atoms with Crippen molar-refractivity contribution in [3.63, 3.8) is 0 Å². The zero-order valence-electron chi connectivity index (χ0n) is 13.8. The molecule has 0 atom stereocenters. The predicted octanol–water partition coefficient (Wildman–Crippen LogP) is 1.08. The summed E-state index contributed by atoms with van der Waals surface area (Å²) in [4.78, 5) is 28.8. The normalized spacial score (nSPS) is 16.7. The molecule has 1 aromatic carbocycles. The second-order valence-corrected chi connectivity index (χ2v) is 6.24. The Bertz CT molecular complexity index is 784. The van der Waals surface area contributed by atoms with Crippen molar-refractivity contribution < 1.29 is 9.59 Å². The Morgan fingerprint density at radius 3 is 2.48 bits per heavy atom. The fourth-order valence-electron chi connectivity index (χ4n) is 3.35. The number of piperazine rings is 1. The van der Waals surface area contributed by atoms with Crippen LogP contribution in [-0.2, 0) is 11.2 Å². The van der Waals surface area contributed by atoms with E-state index in [9.17, 15) is 9.59 Å². The van der Waals surface area contributed by atoms with Crippen LogP contribution in [0.25, 0.3) is 0 Å². The minimum atomic E-state index is -0.133. The van der Waals surface area contributed by atoms with E-state index in [2.05, 4.69) is 27.2 Å². The number of fused-ring (bicyclic) bond motifs is 1. The lowest BCUT2D eigenvalue weighted by molar-refractivity contribution is -0.119. The van der Waals surface area contributed by atoms with E-state index in [1.807, 2.05) is 18.2 Å². The summed E-state index contributed by atoms with van der Waals surface area (Å²) in [5.74, 6) is 0.624. The van der Waals surface area contributed by atoms with E-state index < -0.39 is 0 Å². The first-order chi connectivity index (χ1) is 12.3. The molecule has 3 heterocycles. The molecule has 2 amide bonds. The number of carbonyl (C=O) groups excluding carboxylic acids is 2. The average molecular weight is 337 g/mol. The van der Waals surface area contributed by atoms with E-state index in [1.54, 1.807) is 15.9 Å². The number of nitrogens with zero attached hydrogens (tertiary/aromatic N) is 5. The molecular weight excluding hydrogens is 318 g/mol. The van der Waals surface area contributed by atoms with Crippen molar-refractivity contribution in [2.24, 2.45) is 0 Å². The van der Waals surface area contributed by atoms with E-state index in [-0.39, 0.29) is 5.91 Å². The minimum absolute atomic E-state index is 0.133. The first kappa shape index (κ1) is 15.6. The fourth-order valence-corrected chi connectivity index (χ4v) is 3.35. The summed E-state index contributed by atoms with van der Waals surface area (Å²) >= 11 is 0. The Labute approximate surface area is 145 Å². The van der Waals surface area contributed by atoms with Gasteiger partial charge in [-0.15, -0.1) is 10.2 Å². The number of hydrogen-bond donors (Lipinski definition) is 0. The number of amides is 2. The van der Waals surface area contributed by atoms with Crippen LogP contribution in [-0.4, -0.2) is 65.0 Å². The lowest BCUT2D eigenvalue weighted by atomic mass is 10.2. The number of rotatable bonds is 3. The van der Waals surface area contributed by atoms with Gasteiger partial charge in [-0.05, 0) is 30.2 Å². The van der Waals surface area contributed by atoms with Crippen LogP contribution < -0.4 is 4.90 Å². The third-order valence-electron chi connectivity index (χ3n) is 4.78. The number of anilines is 2. The van der Waals surface area contributed by atoms with E-state index >= 15 is 0 Å². The van der Waals surface area contributed by atoms with Gasteiger partial charge >= 0.3 is 0 Å². The third kappa shape index (κ3) is 2.93. The van der Waals surface area contributed by atoms with Crippen molar-refractivity contribution in [2.75, 3.05) is 37.6 Å². The SMILES string of the molecule is O=CN1CCN(C(=O)c2ccc(N3CCc4ccccc43)nn2)CC1. The fraction of sp³-hybridized carbons (Fsp3) is 0.333. The maximum Gasteiger partial charge on any atom is 0.274 e. The molecule has 7 nitrogen and oxygen atoms in total. The van der Waals surface area contributed by atoms with E-state index in [4.69, 9.17) is 0 Å². The van der Waals surface area contributed by atoms with Crippen LogP contribution >= 0.6 is 0 Å². The summed E-state index contributed by atoms with van der Waals surface area (Å²) in [6, 6.07) is 11.8. The minimum Gasteiger partial charge on any atom is -0.342 e. The van der Waals surface area contributed by atoms with Crippen LogP contribution in [0.4, 0.5) is 11.5 Å². The Hall–Kier alpha value is -2.96. The van der Waals surface area contributed by atoms with Gasteiger partial charge in [-0.1, -0.05) is 18.2 Å². The zero-order chi connectivity index (χ0) is 17.2. The van der Waals surface area contributed by atoms with E-state index in [0.29, 0.717) is 31.9 Å². The van der Waals surface area contributed by atoms with Gasteiger partial charge in [0.05, 0.1) is 0 Å². The molecule has 4 rings (SSSR count). The Kier molecular flexibility index (Phi) is 4.05. The monoisotopic (exact) mass is 337 g/mol. The molecule has 25 heavy (non-hydrogen) atoms. The topological polar surface area (TPSA) is 69.6 Å². The van der Waals surface area contributed by atoms with Crippen LogP contribution in [0, 0.1) is 0 Å². The number of aromatic nitrogens is 2. The predicted molar refractivity (Wildman–Crippen MR) is 92.7 cm³/mol. The van der Waals surface area contributed by atoms with Gasteiger partial charge in [0.25, 0.3) is 5.91 Å². The molecule has 128 valence electrons. The highest BCUT2D eigenvalue weighted by molar-refractivity contribution is 5.92. The molecule has 1 fully saturated rings. The molecule has 2 aliphatic heterocycles. The van der Waals surface area contributed by atoms with Crippen molar-refractivity contribution in [3.8, 4) is 0 Å². The molecule has 0 radical (unpaired) electrons. The maximum atomic E-state index is 12.5. The van der Waals surface area contributed by atoms with Crippen molar-refractivity contribution in [1.29, 1.82) is 0 Å². The molecule has 2 aromatic rings. The summed E-state index contributed by atoms with van der Waals surface area (Å²) in [6.07, 6.45) is 1.81. The van der Waals surface area contributed by atoms with Gasteiger partial charge in [0, 0.05) is 38.4 Å². The molecular formula is C18H19N5O2. The van der Waals surface area contributed by atoms with Crippen molar-refractivity contribution in [1.82, 2.24) is 20.0 Å². The number of carbonyl (C=O) groups is 2. The maximum absolute atomic E-state index is 12.5. The van der Waals surface area contributed by atoms with Gasteiger partial charge < -0.3 is 14.7 Å². The molecule has 1 saturated heterocycles. The largest absolute Gasteiger partial charge is 0.342 e. The molecule has 0 aliphatic carbocycles. The van der Waals surface area contributed by atoms with Gasteiger partial charge in [-0.3, -0.25) is 9.59 Å². The van der Waals surface area contributed by atoms with Crippen LogP contribution in [0.2, 0.25) is 0 Å². The highest BCUT2D eigenvalue weighted by Crippen LogP contribution is 2.32. The van der Waals surface area contributed by atoms with E-state index in [0.717, 1.165) is 30.9 Å². The molecule has 0 N–H and O–H groups in total. The standard InChI is InChI=1S/C18H19N5O2/c24-13-21-9-11-22(12-10-21)18(25)15-5-6-17(20-19-15)23-8-7-14-3-1-2-4-16(14)23/h1-6,13H,7-12H2.